The molecule has 1 fully saturated rings. The highest BCUT2D eigenvalue weighted by atomic mass is 16.3. The number of nitrogens with one attached hydrogen (secondary N) is 1. The van der Waals surface area contributed by atoms with Gasteiger partial charge < -0.3 is 20.1 Å². The van der Waals surface area contributed by atoms with Crippen LogP contribution in [0, 0.1) is 0 Å². The number of fused-ring (bicyclic) bond motifs is 1. The zero-order chi connectivity index (χ0) is 24.4. The zero-order valence-electron chi connectivity index (χ0n) is 19.9. The van der Waals surface area contributed by atoms with E-state index < -0.39 is 5.60 Å². The average Bonchev–Trinajstić information content (AvgIpc) is 3.29. The van der Waals surface area contributed by atoms with Crippen molar-refractivity contribution in [3.8, 4) is 0 Å². The molecular formula is C29H31N3O3. The van der Waals surface area contributed by atoms with Crippen molar-refractivity contribution in [2.24, 2.45) is 0 Å². The van der Waals surface area contributed by atoms with E-state index in [4.69, 9.17) is 4.98 Å². The van der Waals surface area contributed by atoms with Gasteiger partial charge in [-0.3, -0.25) is 4.79 Å². The number of hydrogen-bond acceptors (Lipinski definition) is 4. The number of carbonyl (C=O) groups is 1. The van der Waals surface area contributed by atoms with E-state index in [-0.39, 0.29) is 18.1 Å². The number of benzene rings is 3. The van der Waals surface area contributed by atoms with Crippen molar-refractivity contribution in [3.05, 3.63) is 101 Å². The highest BCUT2D eigenvalue weighted by Gasteiger charge is 2.38. The molecule has 3 aromatic carbocycles. The van der Waals surface area contributed by atoms with Crippen LogP contribution < -0.4 is 5.32 Å². The number of rotatable bonds is 6. The normalized spacial score (nSPS) is 18.5. The molecule has 1 heterocycles. The predicted molar refractivity (Wildman–Crippen MR) is 136 cm³/mol. The van der Waals surface area contributed by atoms with Gasteiger partial charge in [0.05, 0.1) is 17.1 Å². The highest BCUT2D eigenvalue weighted by molar-refractivity contribution is 5.97. The van der Waals surface area contributed by atoms with Crippen molar-refractivity contribution in [2.45, 2.75) is 56.9 Å². The molecule has 1 aliphatic carbocycles. The summed E-state index contributed by atoms with van der Waals surface area (Å²) in [6, 6.07) is 24.7. The van der Waals surface area contributed by atoms with Crippen LogP contribution in [-0.2, 0) is 12.1 Å². The fourth-order valence-corrected chi connectivity index (χ4v) is 5.13. The number of nitrogens with zero attached hydrogens (tertiary/aromatic N) is 2. The van der Waals surface area contributed by atoms with E-state index in [1.54, 1.807) is 6.07 Å². The van der Waals surface area contributed by atoms with Gasteiger partial charge in [-0.15, -0.1) is 0 Å². The summed E-state index contributed by atoms with van der Waals surface area (Å²) >= 11 is 0. The summed E-state index contributed by atoms with van der Waals surface area (Å²) in [5.74, 6) is 0.395. The van der Waals surface area contributed by atoms with E-state index in [0.29, 0.717) is 30.8 Å². The summed E-state index contributed by atoms with van der Waals surface area (Å²) in [6.45, 7) is 2.60. The van der Waals surface area contributed by atoms with E-state index in [1.165, 1.54) is 0 Å². The molecule has 3 N–H and O–H groups in total. The first-order valence-corrected chi connectivity index (χ1v) is 12.3. The van der Waals surface area contributed by atoms with E-state index in [1.807, 2.05) is 84.3 Å². The van der Waals surface area contributed by atoms with Crippen molar-refractivity contribution < 1.29 is 15.0 Å². The van der Waals surface area contributed by atoms with Crippen molar-refractivity contribution in [1.29, 1.82) is 0 Å². The predicted octanol–water partition coefficient (Wildman–Crippen LogP) is 4.37. The Bertz CT molecular complexity index is 1270. The van der Waals surface area contributed by atoms with E-state index in [2.05, 4.69) is 5.32 Å². The molecule has 4 aromatic rings. The van der Waals surface area contributed by atoms with Crippen molar-refractivity contribution in [2.75, 3.05) is 0 Å². The van der Waals surface area contributed by atoms with Gasteiger partial charge in [0.15, 0.2) is 11.4 Å². The second kappa shape index (κ2) is 9.64. The first-order valence-electron chi connectivity index (χ1n) is 12.3. The van der Waals surface area contributed by atoms with Gasteiger partial charge in [0.25, 0.3) is 5.91 Å². The Balaban J connectivity index is 1.57. The second-order valence-electron chi connectivity index (χ2n) is 9.30. The Morgan fingerprint density at radius 2 is 1.57 bits per heavy atom. The van der Waals surface area contributed by atoms with E-state index in [9.17, 15) is 15.0 Å². The lowest BCUT2D eigenvalue weighted by atomic mass is 9.85. The number of carbonyl (C=O) groups excluding carboxylic acids is 1. The number of aryl methyl sites for hydroxylation is 1. The molecule has 1 aromatic heterocycles. The SMILES string of the molecule is CCn1c(C(O)(c2ccccc2)c2ccccc2)nc2ccc(C(=O)NC3CCC(O)CC3)cc21. The Morgan fingerprint density at radius 1 is 0.971 bits per heavy atom. The first-order chi connectivity index (χ1) is 17.0. The van der Waals surface area contributed by atoms with Gasteiger partial charge in [-0.05, 0) is 61.9 Å². The third-order valence-corrected chi connectivity index (χ3v) is 7.07. The van der Waals surface area contributed by atoms with Gasteiger partial charge in [-0.2, -0.15) is 0 Å². The number of amides is 1. The lowest BCUT2D eigenvalue weighted by Crippen LogP contribution is -2.38. The van der Waals surface area contributed by atoms with E-state index in [0.717, 1.165) is 35.0 Å². The maximum Gasteiger partial charge on any atom is 0.251 e. The molecule has 0 saturated heterocycles. The molecule has 0 bridgehead atoms. The fourth-order valence-electron chi connectivity index (χ4n) is 5.13. The lowest BCUT2D eigenvalue weighted by molar-refractivity contribution is 0.0867. The molecule has 1 amide bonds. The Labute approximate surface area is 205 Å². The molecule has 0 spiro atoms. The van der Waals surface area contributed by atoms with Gasteiger partial charge in [0, 0.05) is 18.2 Å². The summed E-state index contributed by atoms with van der Waals surface area (Å²) in [7, 11) is 0. The van der Waals surface area contributed by atoms with Crippen LogP contribution in [0.3, 0.4) is 0 Å². The third-order valence-electron chi connectivity index (χ3n) is 7.07. The Morgan fingerprint density at radius 3 is 2.14 bits per heavy atom. The zero-order valence-corrected chi connectivity index (χ0v) is 19.9. The molecule has 0 radical (unpaired) electrons. The van der Waals surface area contributed by atoms with Crippen LogP contribution in [-0.4, -0.2) is 37.8 Å². The average molecular weight is 470 g/mol. The molecule has 1 aliphatic rings. The second-order valence-corrected chi connectivity index (χ2v) is 9.30. The molecule has 6 heteroatoms. The Hall–Kier alpha value is -3.48. The molecule has 0 atom stereocenters. The van der Waals surface area contributed by atoms with Crippen LogP contribution in [0.25, 0.3) is 11.0 Å². The van der Waals surface area contributed by atoms with Gasteiger partial charge in [-0.1, -0.05) is 60.7 Å². The lowest BCUT2D eigenvalue weighted by Gasteiger charge is -2.29. The van der Waals surface area contributed by atoms with Crippen molar-refractivity contribution in [3.63, 3.8) is 0 Å². The van der Waals surface area contributed by atoms with Gasteiger partial charge in [-0.25, -0.2) is 4.98 Å². The minimum Gasteiger partial charge on any atom is -0.393 e. The molecular weight excluding hydrogens is 438 g/mol. The first kappa shape index (κ1) is 23.3. The summed E-state index contributed by atoms with van der Waals surface area (Å²) in [5, 5.41) is 25.1. The molecule has 180 valence electrons. The monoisotopic (exact) mass is 469 g/mol. The van der Waals surface area contributed by atoms with Crippen LogP contribution in [0.1, 0.15) is 59.9 Å². The summed E-state index contributed by atoms with van der Waals surface area (Å²) in [6.07, 6.45) is 2.74. The summed E-state index contributed by atoms with van der Waals surface area (Å²) < 4.78 is 1.99. The molecule has 1 saturated carbocycles. The molecule has 0 aliphatic heterocycles. The summed E-state index contributed by atoms with van der Waals surface area (Å²) in [4.78, 5) is 17.9. The van der Waals surface area contributed by atoms with Crippen LogP contribution in [0.2, 0.25) is 0 Å². The van der Waals surface area contributed by atoms with Crippen molar-refractivity contribution >= 4 is 16.9 Å². The number of hydrogen-bond donors (Lipinski definition) is 3. The van der Waals surface area contributed by atoms with Gasteiger partial charge >= 0.3 is 0 Å². The van der Waals surface area contributed by atoms with Crippen LogP contribution in [0.5, 0.6) is 0 Å². The minimum absolute atomic E-state index is 0.0782. The number of aliphatic hydroxyl groups is 2. The maximum atomic E-state index is 13.0. The third kappa shape index (κ3) is 4.35. The van der Waals surface area contributed by atoms with Gasteiger partial charge in [0.2, 0.25) is 0 Å². The standard InChI is InChI=1S/C29H31N3O3/c1-2-32-26-19-20(27(34)30-23-14-16-24(33)17-15-23)13-18-25(26)31-28(32)29(35,21-9-5-3-6-10-21)22-11-7-4-8-12-22/h3-13,18-19,23-24,33,35H,2,14-17H2,1H3,(H,30,34). The molecule has 5 rings (SSSR count). The van der Waals surface area contributed by atoms with Crippen LogP contribution in [0.15, 0.2) is 78.9 Å². The Kier molecular flexibility index (Phi) is 6.41. The molecule has 6 nitrogen and oxygen atoms in total. The van der Waals surface area contributed by atoms with E-state index >= 15 is 0 Å². The van der Waals surface area contributed by atoms with Crippen molar-refractivity contribution in [1.82, 2.24) is 14.9 Å². The maximum absolute atomic E-state index is 13.0. The van der Waals surface area contributed by atoms with Crippen LogP contribution in [0.4, 0.5) is 0 Å². The minimum atomic E-state index is -1.46. The van der Waals surface area contributed by atoms with Gasteiger partial charge in [0.1, 0.15) is 0 Å². The number of aromatic nitrogens is 2. The smallest absolute Gasteiger partial charge is 0.251 e. The quantitative estimate of drug-likeness (QED) is 0.391. The molecule has 35 heavy (non-hydrogen) atoms. The number of aliphatic hydroxyl groups excluding tert-OH is 1. The molecule has 0 unspecified atom stereocenters. The largest absolute Gasteiger partial charge is 0.393 e. The van der Waals surface area contributed by atoms with Crippen LogP contribution >= 0.6 is 0 Å². The number of imidazole rings is 1. The fraction of sp³-hybridized carbons (Fsp3) is 0.310. The summed E-state index contributed by atoms with van der Waals surface area (Å²) in [5.41, 5.74) is 2.10. The topological polar surface area (TPSA) is 87.4 Å². The highest BCUT2D eigenvalue weighted by Crippen LogP contribution is 2.37.